The molecule has 2 heterocycles. The monoisotopic (exact) mass is 337 g/mol. The molecule has 1 N–H and O–H groups in total. The zero-order valence-electron chi connectivity index (χ0n) is 13.6. The number of benzene rings is 1. The van der Waals surface area contributed by atoms with Crippen molar-refractivity contribution in [2.45, 2.75) is 25.8 Å². The highest BCUT2D eigenvalue weighted by atomic mass is 35.5. The maximum absolute atomic E-state index is 13.8. The first kappa shape index (κ1) is 18.1. The van der Waals surface area contributed by atoms with Gasteiger partial charge in [-0.05, 0) is 75.6 Å². The summed E-state index contributed by atoms with van der Waals surface area (Å²) in [6.07, 6.45) is 5.52. The number of hydrogen-bond acceptors (Lipinski definition) is 3. The summed E-state index contributed by atoms with van der Waals surface area (Å²) in [5.41, 5.74) is 1.94. The Hall–Kier alpha value is -1.23. The fraction of sp³-hybridized carbons (Fsp3) is 0.500. The van der Waals surface area contributed by atoms with Crippen molar-refractivity contribution in [2.75, 3.05) is 26.7 Å². The lowest BCUT2D eigenvalue weighted by atomic mass is 9.93. The van der Waals surface area contributed by atoms with E-state index in [4.69, 9.17) is 0 Å². The van der Waals surface area contributed by atoms with Gasteiger partial charge < -0.3 is 5.32 Å². The topological polar surface area (TPSA) is 28.2 Å². The fourth-order valence-electron chi connectivity index (χ4n) is 3.37. The van der Waals surface area contributed by atoms with Gasteiger partial charge in [0.15, 0.2) is 0 Å². The van der Waals surface area contributed by atoms with Crippen LogP contribution in [0, 0.1) is 11.7 Å². The molecule has 0 spiro atoms. The summed E-state index contributed by atoms with van der Waals surface area (Å²) in [7, 11) is 2.01. The second-order valence-corrected chi connectivity index (χ2v) is 6.25. The normalized spacial score (nSPS) is 16.4. The molecular weight excluding hydrogens is 313 g/mol. The average molecular weight is 338 g/mol. The molecule has 1 aromatic heterocycles. The fourth-order valence-corrected chi connectivity index (χ4v) is 3.37. The second-order valence-electron chi connectivity index (χ2n) is 6.25. The van der Waals surface area contributed by atoms with Crippen molar-refractivity contribution in [2.24, 2.45) is 5.92 Å². The van der Waals surface area contributed by atoms with Crippen molar-refractivity contribution in [1.29, 1.82) is 0 Å². The number of likely N-dealkylation sites (tertiary alicyclic amines) is 1. The van der Waals surface area contributed by atoms with E-state index in [2.05, 4.69) is 15.2 Å². The summed E-state index contributed by atoms with van der Waals surface area (Å²) in [6.45, 7) is 4.09. The van der Waals surface area contributed by atoms with Crippen molar-refractivity contribution in [1.82, 2.24) is 15.2 Å². The third-order valence-electron chi connectivity index (χ3n) is 4.65. The number of aromatic nitrogens is 1. The predicted molar refractivity (Wildman–Crippen MR) is 95.5 cm³/mol. The van der Waals surface area contributed by atoms with Gasteiger partial charge in [0.2, 0.25) is 0 Å². The lowest BCUT2D eigenvalue weighted by Gasteiger charge is -2.32. The second kappa shape index (κ2) is 8.57. The summed E-state index contributed by atoms with van der Waals surface area (Å²) in [5, 5.41) is 4.12. The van der Waals surface area contributed by atoms with E-state index in [0.29, 0.717) is 0 Å². The van der Waals surface area contributed by atoms with Crippen LogP contribution in [0.1, 0.15) is 24.8 Å². The van der Waals surface area contributed by atoms with E-state index in [-0.39, 0.29) is 18.2 Å². The summed E-state index contributed by atoms with van der Waals surface area (Å²) in [6, 6.07) is 7.00. The number of halogens is 2. The van der Waals surface area contributed by atoms with E-state index in [1.54, 1.807) is 18.3 Å². The molecule has 0 amide bonds. The van der Waals surface area contributed by atoms with E-state index in [9.17, 15) is 4.39 Å². The van der Waals surface area contributed by atoms with Gasteiger partial charge in [-0.25, -0.2) is 4.39 Å². The van der Waals surface area contributed by atoms with Crippen molar-refractivity contribution in [3.05, 3.63) is 41.8 Å². The number of rotatable bonds is 5. The van der Waals surface area contributed by atoms with Gasteiger partial charge in [-0.2, -0.15) is 0 Å². The number of nitrogens with zero attached hydrogens (tertiary/aromatic N) is 2. The Bertz CT molecular complexity index is 627. The molecule has 1 aromatic carbocycles. The molecule has 23 heavy (non-hydrogen) atoms. The Morgan fingerprint density at radius 2 is 2.09 bits per heavy atom. The molecular formula is C18H25ClFN3. The molecule has 0 saturated carbocycles. The van der Waals surface area contributed by atoms with E-state index in [1.165, 1.54) is 19.3 Å². The zero-order chi connectivity index (χ0) is 15.4. The molecule has 1 fully saturated rings. The van der Waals surface area contributed by atoms with Gasteiger partial charge >= 0.3 is 0 Å². The van der Waals surface area contributed by atoms with Crippen LogP contribution in [0.2, 0.25) is 0 Å². The van der Waals surface area contributed by atoms with E-state index < -0.39 is 0 Å². The highest BCUT2D eigenvalue weighted by Gasteiger charge is 2.19. The highest BCUT2D eigenvalue weighted by molar-refractivity contribution is 5.85. The molecule has 5 heteroatoms. The molecule has 0 radical (unpaired) electrons. The zero-order valence-corrected chi connectivity index (χ0v) is 14.4. The molecule has 0 aliphatic carbocycles. The van der Waals surface area contributed by atoms with Crippen LogP contribution in [0.15, 0.2) is 30.5 Å². The lowest BCUT2D eigenvalue weighted by Crippen LogP contribution is -2.34. The van der Waals surface area contributed by atoms with Crippen LogP contribution >= 0.6 is 12.4 Å². The maximum atomic E-state index is 13.8. The molecule has 3 rings (SSSR count). The van der Waals surface area contributed by atoms with Gasteiger partial charge in [-0.3, -0.25) is 9.88 Å². The largest absolute Gasteiger partial charge is 0.320 e. The quantitative estimate of drug-likeness (QED) is 0.903. The van der Waals surface area contributed by atoms with Gasteiger partial charge in [0.25, 0.3) is 0 Å². The summed E-state index contributed by atoms with van der Waals surface area (Å²) in [5.74, 6) is 0.658. The number of pyridine rings is 1. The number of fused-ring (bicyclic) bond motifs is 1. The maximum Gasteiger partial charge on any atom is 0.124 e. The van der Waals surface area contributed by atoms with Crippen LogP contribution in [0.3, 0.4) is 0 Å². The Balaban J connectivity index is 0.00000192. The van der Waals surface area contributed by atoms with Gasteiger partial charge in [-0.1, -0.05) is 6.07 Å². The van der Waals surface area contributed by atoms with Crippen LogP contribution in [0.5, 0.6) is 0 Å². The van der Waals surface area contributed by atoms with Gasteiger partial charge in [-0.15, -0.1) is 12.4 Å². The average Bonchev–Trinajstić information content (AvgIpc) is 2.54. The molecule has 3 nitrogen and oxygen atoms in total. The first-order chi connectivity index (χ1) is 10.8. The molecule has 126 valence electrons. The van der Waals surface area contributed by atoms with Crippen molar-refractivity contribution in [3.8, 4) is 0 Å². The Morgan fingerprint density at radius 1 is 1.30 bits per heavy atom. The number of piperidine rings is 1. The molecule has 0 bridgehead atoms. The first-order valence-electron chi connectivity index (χ1n) is 8.16. The minimum absolute atomic E-state index is 0. The van der Waals surface area contributed by atoms with Crippen LogP contribution in [-0.4, -0.2) is 36.6 Å². The van der Waals surface area contributed by atoms with Crippen molar-refractivity contribution < 1.29 is 4.39 Å². The van der Waals surface area contributed by atoms with Gasteiger partial charge in [0.05, 0.1) is 5.52 Å². The van der Waals surface area contributed by atoms with Crippen molar-refractivity contribution >= 4 is 23.3 Å². The summed E-state index contributed by atoms with van der Waals surface area (Å²) in [4.78, 5) is 6.87. The van der Waals surface area contributed by atoms with Crippen LogP contribution < -0.4 is 5.32 Å². The Labute approximate surface area is 143 Å². The number of hydrogen-bond donors (Lipinski definition) is 1. The smallest absolute Gasteiger partial charge is 0.124 e. The van der Waals surface area contributed by atoms with Crippen LogP contribution in [0.4, 0.5) is 4.39 Å². The molecule has 1 aliphatic rings. The Morgan fingerprint density at radius 3 is 2.83 bits per heavy atom. The summed E-state index contributed by atoms with van der Waals surface area (Å²) < 4.78 is 13.8. The Kier molecular flexibility index (Phi) is 6.75. The number of nitrogens with one attached hydrogen (secondary N) is 1. The van der Waals surface area contributed by atoms with Crippen LogP contribution in [-0.2, 0) is 6.54 Å². The SMILES string of the molecule is CNCCC1CCN(Cc2cc(F)cc3cccnc23)CC1.Cl. The summed E-state index contributed by atoms with van der Waals surface area (Å²) >= 11 is 0. The van der Waals surface area contributed by atoms with Gasteiger partial charge in [0.1, 0.15) is 5.82 Å². The van der Waals surface area contributed by atoms with E-state index in [1.807, 2.05) is 19.2 Å². The van der Waals surface area contributed by atoms with Crippen molar-refractivity contribution in [3.63, 3.8) is 0 Å². The molecule has 1 aliphatic heterocycles. The first-order valence-corrected chi connectivity index (χ1v) is 8.16. The molecule has 0 unspecified atom stereocenters. The molecule has 1 saturated heterocycles. The standard InChI is InChI=1S/C18H24FN3.ClH/c1-20-8-4-14-5-9-22(10-6-14)13-16-12-17(19)11-15-3-2-7-21-18(15)16;/h2-3,7,11-12,14,20H,4-6,8-10,13H2,1H3;1H. The van der Waals surface area contributed by atoms with E-state index in [0.717, 1.165) is 48.6 Å². The molecule has 2 aromatic rings. The minimum atomic E-state index is -0.167. The lowest BCUT2D eigenvalue weighted by molar-refractivity contribution is 0.172. The van der Waals surface area contributed by atoms with E-state index >= 15 is 0 Å². The predicted octanol–water partition coefficient (Wildman–Crippen LogP) is 3.62. The highest BCUT2D eigenvalue weighted by Crippen LogP contribution is 2.24. The third kappa shape index (κ3) is 4.63. The molecule has 0 atom stereocenters. The van der Waals surface area contributed by atoms with Crippen LogP contribution in [0.25, 0.3) is 10.9 Å². The van der Waals surface area contributed by atoms with Gasteiger partial charge in [0, 0.05) is 18.1 Å². The third-order valence-corrected chi connectivity index (χ3v) is 4.65. The minimum Gasteiger partial charge on any atom is -0.320 e.